The number of hydrogen-bond acceptors (Lipinski definition) is 4. The highest BCUT2D eigenvalue weighted by Crippen LogP contribution is 2.15. The van der Waals surface area contributed by atoms with Crippen LogP contribution < -0.4 is 5.32 Å². The van der Waals surface area contributed by atoms with Gasteiger partial charge in [0.05, 0.1) is 18.4 Å². The number of amides is 1. The number of rotatable bonds is 8. The molecule has 21 heavy (non-hydrogen) atoms. The van der Waals surface area contributed by atoms with E-state index in [2.05, 4.69) is 5.32 Å². The predicted molar refractivity (Wildman–Crippen MR) is 89.8 cm³/mol. The Balaban J connectivity index is 1.60. The molecule has 0 saturated carbocycles. The molecule has 3 nitrogen and oxygen atoms in total. The number of benzene rings is 1. The Labute approximate surface area is 133 Å². The molecule has 1 aromatic carbocycles. The first-order valence-electron chi connectivity index (χ1n) is 6.77. The van der Waals surface area contributed by atoms with Crippen molar-refractivity contribution in [1.82, 2.24) is 5.32 Å². The summed E-state index contributed by atoms with van der Waals surface area (Å²) in [6, 6.07) is 12.0. The van der Waals surface area contributed by atoms with E-state index in [1.807, 2.05) is 42.7 Å². The van der Waals surface area contributed by atoms with Crippen molar-refractivity contribution in [3.63, 3.8) is 0 Å². The van der Waals surface area contributed by atoms with Gasteiger partial charge in [0.25, 0.3) is 0 Å². The summed E-state index contributed by atoms with van der Waals surface area (Å²) < 4.78 is 5.25. The Hall–Kier alpha value is -1.33. The van der Waals surface area contributed by atoms with Gasteiger partial charge in [0.15, 0.2) is 0 Å². The summed E-state index contributed by atoms with van der Waals surface area (Å²) in [5.74, 6) is 2.78. The first-order chi connectivity index (χ1) is 10.3. The molecule has 0 atom stereocenters. The van der Waals surface area contributed by atoms with Gasteiger partial charge < -0.3 is 9.73 Å². The second-order valence-electron chi connectivity index (χ2n) is 4.51. The molecule has 0 aliphatic rings. The van der Waals surface area contributed by atoms with E-state index in [0.717, 1.165) is 22.8 Å². The fourth-order valence-electron chi connectivity index (χ4n) is 1.82. The smallest absolute Gasteiger partial charge is 0.224 e. The molecule has 0 aliphatic carbocycles. The van der Waals surface area contributed by atoms with Crippen LogP contribution in [0.5, 0.6) is 0 Å². The molecule has 1 aromatic heterocycles. The number of furan rings is 1. The molecule has 0 aliphatic heterocycles. The third kappa shape index (κ3) is 5.89. The molecule has 112 valence electrons. The second-order valence-corrected chi connectivity index (χ2v) is 6.49. The zero-order chi connectivity index (χ0) is 14.9. The summed E-state index contributed by atoms with van der Waals surface area (Å²) in [6.45, 7) is 0.688. The minimum Gasteiger partial charge on any atom is -0.468 e. The number of nitrogens with one attached hydrogen (secondary N) is 1. The molecule has 0 bridgehead atoms. The monoisotopic (exact) mass is 321 g/mol. The van der Waals surface area contributed by atoms with E-state index in [1.165, 1.54) is 4.90 Å². The van der Waals surface area contributed by atoms with E-state index in [-0.39, 0.29) is 5.91 Å². The van der Waals surface area contributed by atoms with Crippen molar-refractivity contribution in [2.45, 2.75) is 17.1 Å². The van der Waals surface area contributed by atoms with Crippen LogP contribution in [0.3, 0.4) is 0 Å². The van der Waals surface area contributed by atoms with Crippen LogP contribution in [0.2, 0.25) is 0 Å². The van der Waals surface area contributed by atoms with Crippen LogP contribution in [-0.2, 0) is 17.0 Å². The van der Waals surface area contributed by atoms with Gasteiger partial charge in [0.1, 0.15) is 5.76 Å². The summed E-state index contributed by atoms with van der Waals surface area (Å²) >= 11 is 3.46. The molecule has 2 aromatic rings. The van der Waals surface area contributed by atoms with Crippen molar-refractivity contribution >= 4 is 29.4 Å². The lowest BCUT2D eigenvalue weighted by Gasteiger charge is -2.05. The van der Waals surface area contributed by atoms with E-state index in [9.17, 15) is 4.79 Å². The quantitative estimate of drug-likeness (QED) is 0.596. The maximum absolute atomic E-state index is 11.8. The zero-order valence-corrected chi connectivity index (χ0v) is 13.6. The largest absolute Gasteiger partial charge is 0.468 e. The molecule has 0 radical (unpaired) electrons. The summed E-state index contributed by atoms with van der Waals surface area (Å²) in [6.07, 6.45) is 4.17. The maximum Gasteiger partial charge on any atom is 0.224 e. The van der Waals surface area contributed by atoms with Crippen LogP contribution in [0.1, 0.15) is 11.3 Å². The molecule has 5 heteroatoms. The van der Waals surface area contributed by atoms with E-state index in [4.69, 9.17) is 4.42 Å². The van der Waals surface area contributed by atoms with Gasteiger partial charge in [0.2, 0.25) is 5.91 Å². The number of hydrogen-bond donors (Lipinski definition) is 1. The highest BCUT2D eigenvalue weighted by atomic mass is 32.2. The van der Waals surface area contributed by atoms with Crippen LogP contribution in [0.25, 0.3) is 0 Å². The Kier molecular flexibility index (Phi) is 6.76. The SMILES string of the molecule is CSc1ccc(CC(=O)NCCSCc2ccco2)cc1. The first-order valence-corrected chi connectivity index (χ1v) is 9.15. The zero-order valence-electron chi connectivity index (χ0n) is 12.0. The third-order valence-corrected chi connectivity index (χ3v) is 4.64. The van der Waals surface area contributed by atoms with Crippen LogP contribution in [0.15, 0.2) is 52.0 Å². The lowest BCUT2D eigenvalue weighted by atomic mass is 10.1. The molecule has 0 unspecified atom stereocenters. The Morgan fingerprint density at radius 2 is 2.05 bits per heavy atom. The molecular weight excluding hydrogens is 302 g/mol. The molecule has 0 spiro atoms. The van der Waals surface area contributed by atoms with Gasteiger partial charge in [-0.2, -0.15) is 11.8 Å². The number of carbonyl (C=O) groups excluding carboxylic acids is 1. The van der Waals surface area contributed by atoms with E-state index >= 15 is 0 Å². The van der Waals surface area contributed by atoms with Crippen molar-refractivity contribution in [2.24, 2.45) is 0 Å². The van der Waals surface area contributed by atoms with Crippen molar-refractivity contribution in [1.29, 1.82) is 0 Å². The van der Waals surface area contributed by atoms with Crippen molar-refractivity contribution in [3.05, 3.63) is 54.0 Å². The minimum atomic E-state index is 0.0745. The summed E-state index contributed by atoms with van der Waals surface area (Å²) in [5.41, 5.74) is 1.05. The van der Waals surface area contributed by atoms with Gasteiger partial charge in [-0.25, -0.2) is 0 Å². The molecule has 1 amide bonds. The Bertz CT molecular complexity index is 538. The topological polar surface area (TPSA) is 42.2 Å². The number of thioether (sulfide) groups is 2. The highest BCUT2D eigenvalue weighted by molar-refractivity contribution is 7.98. The lowest BCUT2D eigenvalue weighted by Crippen LogP contribution is -2.27. The van der Waals surface area contributed by atoms with Crippen molar-refractivity contribution in [3.8, 4) is 0 Å². The number of carbonyl (C=O) groups is 1. The molecule has 1 heterocycles. The summed E-state index contributed by atoms with van der Waals surface area (Å²) in [7, 11) is 0. The van der Waals surface area contributed by atoms with Crippen LogP contribution >= 0.6 is 23.5 Å². The Morgan fingerprint density at radius 1 is 1.24 bits per heavy atom. The standard InChI is InChI=1S/C16H19NO2S2/c1-20-15-6-4-13(5-7-15)11-16(18)17-8-10-21-12-14-3-2-9-19-14/h2-7,9H,8,10-12H2,1H3,(H,17,18). The van der Waals surface area contributed by atoms with Gasteiger partial charge in [-0.15, -0.1) is 11.8 Å². The second kappa shape index (κ2) is 8.85. The average molecular weight is 321 g/mol. The van der Waals surface area contributed by atoms with Crippen LogP contribution in [0, 0.1) is 0 Å². The molecular formula is C16H19NO2S2. The highest BCUT2D eigenvalue weighted by Gasteiger charge is 2.03. The van der Waals surface area contributed by atoms with Gasteiger partial charge in [-0.1, -0.05) is 12.1 Å². The predicted octanol–water partition coefficient (Wildman–Crippen LogP) is 3.59. The van der Waals surface area contributed by atoms with Crippen LogP contribution in [-0.4, -0.2) is 24.5 Å². The van der Waals surface area contributed by atoms with E-state index < -0.39 is 0 Å². The normalized spacial score (nSPS) is 10.5. The van der Waals surface area contributed by atoms with E-state index in [1.54, 1.807) is 29.8 Å². The van der Waals surface area contributed by atoms with Crippen molar-refractivity contribution in [2.75, 3.05) is 18.6 Å². The fraction of sp³-hybridized carbons (Fsp3) is 0.312. The molecule has 0 saturated heterocycles. The van der Waals surface area contributed by atoms with Gasteiger partial charge in [-0.3, -0.25) is 4.79 Å². The first kappa shape index (κ1) is 16.0. The summed E-state index contributed by atoms with van der Waals surface area (Å²) in [4.78, 5) is 13.0. The lowest BCUT2D eigenvalue weighted by molar-refractivity contribution is -0.120. The van der Waals surface area contributed by atoms with Gasteiger partial charge >= 0.3 is 0 Å². The summed E-state index contributed by atoms with van der Waals surface area (Å²) in [5, 5.41) is 2.94. The maximum atomic E-state index is 11.8. The van der Waals surface area contributed by atoms with E-state index in [0.29, 0.717) is 13.0 Å². The van der Waals surface area contributed by atoms with Crippen molar-refractivity contribution < 1.29 is 9.21 Å². The molecule has 2 rings (SSSR count). The van der Waals surface area contributed by atoms with Gasteiger partial charge in [0, 0.05) is 17.2 Å². The molecule has 1 N–H and O–H groups in total. The Morgan fingerprint density at radius 3 is 2.71 bits per heavy atom. The minimum absolute atomic E-state index is 0.0745. The average Bonchev–Trinajstić information content (AvgIpc) is 3.01. The molecule has 0 fully saturated rings. The fourth-order valence-corrected chi connectivity index (χ4v) is 2.99. The van der Waals surface area contributed by atoms with Gasteiger partial charge in [-0.05, 0) is 36.1 Å². The third-order valence-electron chi connectivity index (χ3n) is 2.92. The van der Waals surface area contributed by atoms with Crippen LogP contribution in [0.4, 0.5) is 0 Å².